The maximum absolute atomic E-state index is 11.5. The Hall–Kier alpha value is -1.36. The summed E-state index contributed by atoms with van der Waals surface area (Å²) in [6, 6.07) is 2.55. The third-order valence-corrected chi connectivity index (χ3v) is 3.98. The first-order valence-electron chi connectivity index (χ1n) is 7.19. The van der Waals surface area contributed by atoms with E-state index in [1.54, 1.807) is 6.20 Å². The average Bonchev–Trinajstić information content (AvgIpc) is 2.90. The van der Waals surface area contributed by atoms with Gasteiger partial charge in [0.15, 0.2) is 0 Å². The number of aromatic nitrogens is 2. The fraction of sp³-hybridized carbons (Fsp3) is 0.714. The van der Waals surface area contributed by atoms with Crippen LogP contribution in [-0.2, 0) is 11.3 Å². The summed E-state index contributed by atoms with van der Waals surface area (Å²) in [7, 11) is 0. The van der Waals surface area contributed by atoms with Gasteiger partial charge in [-0.25, -0.2) is 0 Å². The lowest BCUT2D eigenvalue weighted by atomic mass is 9.83. The van der Waals surface area contributed by atoms with Crippen molar-refractivity contribution in [3.63, 3.8) is 0 Å². The number of rotatable bonds is 6. The zero-order chi connectivity index (χ0) is 13.7. The van der Waals surface area contributed by atoms with E-state index >= 15 is 0 Å². The van der Waals surface area contributed by atoms with E-state index in [-0.39, 0.29) is 17.9 Å². The van der Waals surface area contributed by atoms with Crippen LogP contribution in [0, 0.1) is 5.92 Å². The molecule has 106 valence electrons. The molecule has 5 nitrogen and oxygen atoms in total. The smallest absolute Gasteiger partial charge is 0.222 e. The maximum Gasteiger partial charge on any atom is 0.222 e. The lowest BCUT2D eigenvalue weighted by Crippen LogP contribution is -2.48. The summed E-state index contributed by atoms with van der Waals surface area (Å²) in [4.78, 5) is 11.5. The van der Waals surface area contributed by atoms with Crippen molar-refractivity contribution < 1.29 is 4.79 Å². The van der Waals surface area contributed by atoms with Crippen molar-refractivity contribution in [3.05, 3.63) is 18.5 Å². The number of nitrogens with two attached hydrogens (primary N) is 1. The number of nitrogens with one attached hydrogen (secondary N) is 1. The quantitative estimate of drug-likeness (QED) is 0.813. The SMILES string of the molecule is C[C@H](CCn1cccn1)N[C@H]1CCCC[C@H]1C(N)=O. The molecule has 3 atom stereocenters. The van der Waals surface area contributed by atoms with Crippen LogP contribution in [0.15, 0.2) is 18.5 Å². The van der Waals surface area contributed by atoms with Gasteiger partial charge in [-0.3, -0.25) is 9.48 Å². The van der Waals surface area contributed by atoms with E-state index in [9.17, 15) is 4.79 Å². The molecular weight excluding hydrogens is 240 g/mol. The van der Waals surface area contributed by atoms with Gasteiger partial charge in [-0.15, -0.1) is 0 Å². The second-order valence-corrected chi connectivity index (χ2v) is 5.53. The van der Waals surface area contributed by atoms with E-state index in [2.05, 4.69) is 17.3 Å². The predicted octanol–water partition coefficient (Wildman–Crippen LogP) is 1.30. The molecular formula is C14H24N4O. The molecule has 1 aliphatic carbocycles. The van der Waals surface area contributed by atoms with Crippen LogP contribution in [-0.4, -0.2) is 27.8 Å². The summed E-state index contributed by atoms with van der Waals surface area (Å²) in [5.41, 5.74) is 5.49. The number of hydrogen-bond donors (Lipinski definition) is 2. The number of carbonyl (C=O) groups excluding carboxylic acids is 1. The van der Waals surface area contributed by atoms with Crippen LogP contribution in [0.4, 0.5) is 0 Å². The standard InChI is InChI=1S/C14H24N4O/c1-11(7-10-18-9-4-8-16-18)17-13-6-3-2-5-12(13)14(15)19/h4,8-9,11-13,17H,2-3,5-7,10H2,1H3,(H2,15,19)/t11-,12-,13+/m1/s1. The molecule has 1 amide bonds. The molecule has 0 unspecified atom stereocenters. The molecule has 1 aliphatic rings. The summed E-state index contributed by atoms with van der Waals surface area (Å²) in [6.45, 7) is 3.06. The zero-order valence-electron chi connectivity index (χ0n) is 11.6. The summed E-state index contributed by atoms with van der Waals surface area (Å²) in [6.07, 6.45) is 9.06. The molecule has 0 aliphatic heterocycles. The first kappa shape index (κ1) is 14.1. The average molecular weight is 264 g/mol. The maximum atomic E-state index is 11.5. The molecule has 1 aromatic heterocycles. The molecule has 0 spiro atoms. The minimum absolute atomic E-state index is 0.000836. The van der Waals surface area contributed by atoms with Gasteiger partial charge in [-0.05, 0) is 32.3 Å². The highest BCUT2D eigenvalue weighted by Gasteiger charge is 2.29. The number of nitrogens with zero attached hydrogens (tertiary/aromatic N) is 2. The lowest BCUT2D eigenvalue weighted by molar-refractivity contribution is -0.123. The first-order valence-corrected chi connectivity index (χ1v) is 7.19. The number of amides is 1. The molecule has 3 N–H and O–H groups in total. The Morgan fingerprint density at radius 1 is 1.53 bits per heavy atom. The number of aryl methyl sites for hydroxylation is 1. The van der Waals surface area contributed by atoms with E-state index < -0.39 is 0 Å². The van der Waals surface area contributed by atoms with Gasteiger partial charge >= 0.3 is 0 Å². The Bertz CT molecular complexity index is 390. The van der Waals surface area contributed by atoms with Crippen LogP contribution >= 0.6 is 0 Å². The minimum Gasteiger partial charge on any atom is -0.369 e. The molecule has 0 bridgehead atoms. The third-order valence-electron chi connectivity index (χ3n) is 3.98. The fourth-order valence-electron chi connectivity index (χ4n) is 2.88. The van der Waals surface area contributed by atoms with Gasteiger partial charge in [0, 0.05) is 31.0 Å². The molecule has 0 saturated heterocycles. The highest BCUT2D eigenvalue weighted by molar-refractivity contribution is 5.77. The highest BCUT2D eigenvalue weighted by Crippen LogP contribution is 2.24. The third kappa shape index (κ3) is 4.06. The van der Waals surface area contributed by atoms with Crippen molar-refractivity contribution in [2.45, 2.75) is 57.7 Å². The monoisotopic (exact) mass is 264 g/mol. The van der Waals surface area contributed by atoms with Gasteiger partial charge in [0.2, 0.25) is 5.91 Å². The van der Waals surface area contributed by atoms with Gasteiger partial charge in [-0.1, -0.05) is 12.8 Å². The summed E-state index contributed by atoms with van der Waals surface area (Å²) >= 11 is 0. The van der Waals surface area contributed by atoms with E-state index in [1.807, 2.05) is 16.9 Å². The second-order valence-electron chi connectivity index (χ2n) is 5.53. The van der Waals surface area contributed by atoms with Crippen molar-refractivity contribution in [1.29, 1.82) is 0 Å². The molecule has 0 aromatic carbocycles. The van der Waals surface area contributed by atoms with Crippen molar-refractivity contribution in [2.24, 2.45) is 11.7 Å². The van der Waals surface area contributed by atoms with Crippen LogP contribution in [0.1, 0.15) is 39.0 Å². The lowest BCUT2D eigenvalue weighted by Gasteiger charge is -2.32. The van der Waals surface area contributed by atoms with Crippen molar-refractivity contribution in [2.75, 3.05) is 0 Å². The van der Waals surface area contributed by atoms with Crippen LogP contribution in [0.25, 0.3) is 0 Å². The molecule has 1 fully saturated rings. The summed E-state index contributed by atoms with van der Waals surface area (Å²) in [5, 5.41) is 7.76. The van der Waals surface area contributed by atoms with Gasteiger partial charge < -0.3 is 11.1 Å². The van der Waals surface area contributed by atoms with Crippen LogP contribution in [0.5, 0.6) is 0 Å². The Labute approximate surface area is 114 Å². The Balaban J connectivity index is 1.79. The molecule has 2 rings (SSSR count). The first-order chi connectivity index (χ1) is 9.16. The highest BCUT2D eigenvalue weighted by atomic mass is 16.1. The Kier molecular flexibility index (Phi) is 4.96. The topological polar surface area (TPSA) is 72.9 Å². The van der Waals surface area contributed by atoms with Crippen LogP contribution < -0.4 is 11.1 Å². The number of carbonyl (C=O) groups is 1. The molecule has 1 saturated carbocycles. The normalized spacial score (nSPS) is 25.1. The van der Waals surface area contributed by atoms with Crippen molar-refractivity contribution in [1.82, 2.24) is 15.1 Å². The molecule has 1 heterocycles. The largest absolute Gasteiger partial charge is 0.369 e. The van der Waals surface area contributed by atoms with E-state index in [0.29, 0.717) is 6.04 Å². The zero-order valence-corrected chi connectivity index (χ0v) is 11.6. The van der Waals surface area contributed by atoms with Gasteiger partial charge in [-0.2, -0.15) is 5.10 Å². The van der Waals surface area contributed by atoms with E-state index in [1.165, 1.54) is 6.42 Å². The fourth-order valence-corrected chi connectivity index (χ4v) is 2.88. The Morgan fingerprint density at radius 3 is 3.00 bits per heavy atom. The van der Waals surface area contributed by atoms with E-state index in [0.717, 1.165) is 32.2 Å². The minimum atomic E-state index is -0.156. The summed E-state index contributed by atoms with van der Waals surface area (Å²) in [5.74, 6) is -0.155. The van der Waals surface area contributed by atoms with Crippen molar-refractivity contribution in [3.8, 4) is 0 Å². The number of primary amides is 1. The van der Waals surface area contributed by atoms with Gasteiger partial charge in [0.25, 0.3) is 0 Å². The van der Waals surface area contributed by atoms with E-state index in [4.69, 9.17) is 5.73 Å². The molecule has 1 aromatic rings. The second kappa shape index (κ2) is 6.70. The number of hydrogen-bond acceptors (Lipinski definition) is 3. The van der Waals surface area contributed by atoms with Crippen LogP contribution in [0.2, 0.25) is 0 Å². The van der Waals surface area contributed by atoms with Gasteiger partial charge in [0.05, 0.1) is 5.92 Å². The molecule has 5 heteroatoms. The van der Waals surface area contributed by atoms with Gasteiger partial charge in [0.1, 0.15) is 0 Å². The van der Waals surface area contributed by atoms with Crippen molar-refractivity contribution >= 4 is 5.91 Å². The molecule has 0 radical (unpaired) electrons. The predicted molar refractivity (Wildman–Crippen MR) is 74.4 cm³/mol. The molecule has 19 heavy (non-hydrogen) atoms. The summed E-state index contributed by atoms with van der Waals surface area (Å²) < 4.78 is 1.94. The Morgan fingerprint density at radius 2 is 2.32 bits per heavy atom. The van der Waals surface area contributed by atoms with Crippen LogP contribution in [0.3, 0.4) is 0 Å².